The molecule has 0 aliphatic heterocycles. The lowest BCUT2D eigenvalue weighted by atomic mass is 10.1. The van der Waals surface area contributed by atoms with Crippen LogP contribution in [-0.4, -0.2) is 32.2 Å². The van der Waals surface area contributed by atoms with Crippen LogP contribution < -0.4 is 14.8 Å². The highest BCUT2D eigenvalue weighted by Crippen LogP contribution is 2.17. The van der Waals surface area contributed by atoms with E-state index in [9.17, 15) is 14.9 Å². The predicted octanol–water partition coefficient (Wildman–Crippen LogP) is 3.18. The average molecular weight is 380 g/mol. The van der Waals surface area contributed by atoms with Gasteiger partial charge in [0.25, 0.3) is 5.91 Å². The van der Waals surface area contributed by atoms with Crippen LogP contribution in [0.5, 0.6) is 11.5 Å². The van der Waals surface area contributed by atoms with Gasteiger partial charge in [0, 0.05) is 5.69 Å². The molecule has 0 fully saturated rings. The maximum absolute atomic E-state index is 12.3. The number of amides is 1. The van der Waals surface area contributed by atoms with Gasteiger partial charge in [0.1, 0.15) is 23.1 Å². The lowest BCUT2D eigenvalue weighted by molar-refractivity contribution is -0.145. The fraction of sp³-hybridized carbons (Fsp3) is 0.190. The maximum Gasteiger partial charge on any atom is 0.344 e. The number of methoxy groups -OCH3 is 1. The van der Waals surface area contributed by atoms with Crippen molar-refractivity contribution in [1.29, 1.82) is 5.26 Å². The Hall–Kier alpha value is -3.79. The summed E-state index contributed by atoms with van der Waals surface area (Å²) in [5.74, 6) is 0.175. The van der Waals surface area contributed by atoms with E-state index in [2.05, 4.69) is 5.32 Å². The highest BCUT2D eigenvalue weighted by molar-refractivity contribution is 6.09. The van der Waals surface area contributed by atoms with Crippen LogP contribution in [-0.2, 0) is 14.3 Å². The number of anilines is 1. The first kappa shape index (κ1) is 20.5. The minimum absolute atomic E-state index is 0.0454. The van der Waals surface area contributed by atoms with E-state index in [4.69, 9.17) is 14.2 Å². The summed E-state index contributed by atoms with van der Waals surface area (Å²) in [7, 11) is 1.55. The van der Waals surface area contributed by atoms with Gasteiger partial charge in [-0.15, -0.1) is 0 Å². The zero-order chi connectivity index (χ0) is 20.4. The Kier molecular flexibility index (Phi) is 7.61. The van der Waals surface area contributed by atoms with Crippen LogP contribution in [0.25, 0.3) is 6.08 Å². The summed E-state index contributed by atoms with van der Waals surface area (Å²) >= 11 is 0. The fourth-order valence-electron chi connectivity index (χ4n) is 2.19. The van der Waals surface area contributed by atoms with Crippen molar-refractivity contribution in [3.8, 4) is 17.6 Å². The second-order valence-electron chi connectivity index (χ2n) is 5.52. The van der Waals surface area contributed by atoms with Gasteiger partial charge in [0.2, 0.25) is 0 Å². The monoisotopic (exact) mass is 380 g/mol. The molecule has 1 amide bonds. The van der Waals surface area contributed by atoms with Crippen LogP contribution in [0.3, 0.4) is 0 Å². The minimum Gasteiger partial charge on any atom is -0.497 e. The van der Waals surface area contributed by atoms with Gasteiger partial charge >= 0.3 is 5.97 Å². The van der Waals surface area contributed by atoms with E-state index in [0.717, 1.165) is 0 Å². The lowest BCUT2D eigenvalue weighted by Crippen LogP contribution is -2.14. The number of carbonyl (C=O) groups is 2. The van der Waals surface area contributed by atoms with E-state index in [-0.39, 0.29) is 12.2 Å². The molecule has 0 aliphatic rings. The van der Waals surface area contributed by atoms with E-state index in [0.29, 0.717) is 29.4 Å². The molecule has 0 saturated heterocycles. The van der Waals surface area contributed by atoms with Crippen LogP contribution in [0.2, 0.25) is 0 Å². The van der Waals surface area contributed by atoms with Crippen LogP contribution in [0.1, 0.15) is 12.5 Å². The third-order valence-electron chi connectivity index (χ3n) is 3.57. The van der Waals surface area contributed by atoms with E-state index in [1.807, 2.05) is 6.07 Å². The highest BCUT2D eigenvalue weighted by Gasteiger charge is 2.10. The standard InChI is InChI=1S/C21H20N2O5/c1-3-27-20(24)14-28-19-8-4-15(5-9-19)12-16(13-22)21(25)23-17-6-10-18(26-2)11-7-17/h4-12H,3,14H2,1-2H3,(H,23,25)/b16-12+. The van der Waals surface area contributed by atoms with Gasteiger partial charge in [-0.05, 0) is 55.0 Å². The number of nitriles is 1. The summed E-state index contributed by atoms with van der Waals surface area (Å²) in [6, 6.07) is 15.3. The molecule has 144 valence electrons. The molecule has 7 nitrogen and oxygen atoms in total. The third-order valence-corrected chi connectivity index (χ3v) is 3.57. The number of ether oxygens (including phenoxy) is 3. The molecule has 0 spiro atoms. The normalized spacial score (nSPS) is 10.5. The van der Waals surface area contributed by atoms with Crippen molar-refractivity contribution in [3.05, 3.63) is 59.7 Å². The molecule has 0 bridgehead atoms. The molecule has 28 heavy (non-hydrogen) atoms. The molecule has 0 saturated carbocycles. The molecule has 7 heteroatoms. The summed E-state index contributed by atoms with van der Waals surface area (Å²) in [4.78, 5) is 23.6. The molecular formula is C21H20N2O5. The predicted molar refractivity (Wildman–Crippen MR) is 104 cm³/mol. The van der Waals surface area contributed by atoms with Gasteiger partial charge in [0.15, 0.2) is 6.61 Å². The fourth-order valence-corrected chi connectivity index (χ4v) is 2.19. The van der Waals surface area contributed by atoms with Gasteiger partial charge in [-0.2, -0.15) is 5.26 Å². The largest absolute Gasteiger partial charge is 0.497 e. The van der Waals surface area contributed by atoms with Gasteiger partial charge in [0.05, 0.1) is 13.7 Å². The first-order valence-corrected chi connectivity index (χ1v) is 8.51. The van der Waals surface area contributed by atoms with Gasteiger partial charge in [-0.25, -0.2) is 4.79 Å². The molecule has 2 aromatic rings. The summed E-state index contributed by atoms with van der Waals surface area (Å²) in [6.45, 7) is 1.83. The molecule has 0 radical (unpaired) electrons. The Bertz CT molecular complexity index is 881. The summed E-state index contributed by atoms with van der Waals surface area (Å²) < 4.78 is 15.1. The molecule has 0 heterocycles. The third kappa shape index (κ3) is 6.18. The second-order valence-corrected chi connectivity index (χ2v) is 5.52. The quantitative estimate of drug-likeness (QED) is 0.429. The Balaban J connectivity index is 2.01. The molecule has 1 N–H and O–H groups in total. The Morgan fingerprint density at radius 1 is 1.07 bits per heavy atom. The Labute approximate surface area is 163 Å². The van der Waals surface area contributed by atoms with Crippen molar-refractivity contribution < 1.29 is 23.8 Å². The molecule has 0 unspecified atom stereocenters. The zero-order valence-electron chi connectivity index (χ0n) is 15.6. The topological polar surface area (TPSA) is 97.7 Å². The number of hydrogen-bond donors (Lipinski definition) is 1. The maximum atomic E-state index is 12.3. The minimum atomic E-state index is -0.518. The van der Waals surface area contributed by atoms with Crippen molar-refractivity contribution in [1.82, 2.24) is 0 Å². The molecular weight excluding hydrogens is 360 g/mol. The van der Waals surface area contributed by atoms with Crippen LogP contribution in [0, 0.1) is 11.3 Å². The Morgan fingerprint density at radius 3 is 2.29 bits per heavy atom. The smallest absolute Gasteiger partial charge is 0.344 e. The van der Waals surface area contributed by atoms with Crippen LogP contribution >= 0.6 is 0 Å². The number of nitrogens with zero attached hydrogens (tertiary/aromatic N) is 1. The van der Waals surface area contributed by atoms with E-state index >= 15 is 0 Å². The van der Waals surface area contributed by atoms with Gasteiger partial charge in [-0.1, -0.05) is 12.1 Å². The van der Waals surface area contributed by atoms with Crippen LogP contribution in [0.15, 0.2) is 54.1 Å². The van der Waals surface area contributed by atoms with Crippen LogP contribution in [0.4, 0.5) is 5.69 Å². The van der Waals surface area contributed by atoms with E-state index in [1.165, 1.54) is 6.08 Å². The zero-order valence-corrected chi connectivity index (χ0v) is 15.6. The number of nitrogens with one attached hydrogen (secondary N) is 1. The van der Waals surface area contributed by atoms with Gasteiger partial charge < -0.3 is 19.5 Å². The summed E-state index contributed by atoms with van der Waals surface area (Å²) in [5.41, 5.74) is 1.15. The first-order valence-electron chi connectivity index (χ1n) is 8.51. The van der Waals surface area contributed by atoms with Gasteiger partial charge in [-0.3, -0.25) is 4.79 Å². The van der Waals surface area contributed by atoms with Crippen molar-refractivity contribution in [2.24, 2.45) is 0 Å². The number of esters is 1. The average Bonchev–Trinajstić information content (AvgIpc) is 2.72. The molecule has 0 atom stereocenters. The summed E-state index contributed by atoms with van der Waals surface area (Å²) in [6.07, 6.45) is 1.47. The molecule has 0 aromatic heterocycles. The SMILES string of the molecule is CCOC(=O)COc1ccc(/C=C(\C#N)C(=O)Nc2ccc(OC)cc2)cc1. The lowest BCUT2D eigenvalue weighted by Gasteiger charge is -2.07. The molecule has 2 aromatic carbocycles. The number of hydrogen-bond acceptors (Lipinski definition) is 6. The van der Waals surface area contributed by atoms with E-state index in [1.54, 1.807) is 62.6 Å². The first-order chi connectivity index (χ1) is 13.5. The van der Waals surface area contributed by atoms with Crippen molar-refractivity contribution in [3.63, 3.8) is 0 Å². The molecule has 2 rings (SSSR count). The number of benzene rings is 2. The van der Waals surface area contributed by atoms with Crippen molar-refractivity contribution in [2.75, 3.05) is 25.6 Å². The number of carbonyl (C=O) groups excluding carboxylic acids is 2. The second kappa shape index (κ2) is 10.4. The molecule has 0 aliphatic carbocycles. The Morgan fingerprint density at radius 2 is 1.71 bits per heavy atom. The number of rotatable bonds is 8. The van der Waals surface area contributed by atoms with E-state index < -0.39 is 11.9 Å². The van der Waals surface area contributed by atoms with Crippen molar-refractivity contribution in [2.45, 2.75) is 6.92 Å². The summed E-state index contributed by atoms with van der Waals surface area (Å²) in [5, 5.41) is 12.0. The highest BCUT2D eigenvalue weighted by atomic mass is 16.6. The van der Waals surface area contributed by atoms with Crippen molar-refractivity contribution >= 4 is 23.6 Å².